The summed E-state index contributed by atoms with van der Waals surface area (Å²) in [5.41, 5.74) is 0. The quantitative estimate of drug-likeness (QED) is 0.616. The van der Waals surface area contributed by atoms with Gasteiger partial charge in [-0.3, -0.25) is 4.79 Å². The van der Waals surface area contributed by atoms with Crippen molar-refractivity contribution in [3.05, 3.63) is 6.42 Å². The fourth-order valence-electron chi connectivity index (χ4n) is 1.51. The second-order valence-electron chi connectivity index (χ2n) is 3.26. The second kappa shape index (κ2) is 5.97. The first-order chi connectivity index (χ1) is 6.33. The Balaban J connectivity index is 2.06. The van der Waals surface area contributed by atoms with E-state index >= 15 is 0 Å². The summed E-state index contributed by atoms with van der Waals surface area (Å²) in [5.74, 6) is -0.0722. The molecule has 0 saturated carbocycles. The molecule has 0 aromatic heterocycles. The number of rotatable bonds is 4. The van der Waals surface area contributed by atoms with Crippen molar-refractivity contribution in [1.82, 2.24) is 4.90 Å². The maximum atomic E-state index is 11.0. The van der Waals surface area contributed by atoms with Crippen molar-refractivity contribution in [1.29, 1.82) is 0 Å². The summed E-state index contributed by atoms with van der Waals surface area (Å²) in [6.45, 7) is 5.38. The van der Waals surface area contributed by atoms with Crippen LogP contribution in [0.25, 0.3) is 0 Å². The third kappa shape index (κ3) is 4.27. The lowest BCUT2D eigenvalue weighted by Gasteiger charge is -2.25. The highest BCUT2D eigenvalue weighted by atomic mass is 16.5. The lowest BCUT2D eigenvalue weighted by Crippen LogP contribution is -2.32. The fourth-order valence-corrected chi connectivity index (χ4v) is 1.51. The van der Waals surface area contributed by atoms with E-state index in [1.807, 2.05) is 6.92 Å². The van der Waals surface area contributed by atoms with E-state index < -0.39 is 0 Å². The van der Waals surface area contributed by atoms with Crippen molar-refractivity contribution in [3.8, 4) is 0 Å². The molecule has 0 unspecified atom stereocenters. The number of carbonyl (C=O) groups is 1. The molecule has 0 N–H and O–H groups in total. The average Bonchev–Trinajstić information content (AvgIpc) is 2.17. The van der Waals surface area contributed by atoms with Gasteiger partial charge in [-0.1, -0.05) is 0 Å². The number of hydrogen-bond donors (Lipinski definition) is 0. The maximum absolute atomic E-state index is 11.0. The Morgan fingerprint density at radius 2 is 2.15 bits per heavy atom. The first kappa shape index (κ1) is 10.5. The zero-order valence-electron chi connectivity index (χ0n) is 8.29. The SMILES string of the molecule is CCOC(=O)CCN1CC[CH]CC1. The molecule has 3 heteroatoms. The smallest absolute Gasteiger partial charge is 0.307 e. The largest absolute Gasteiger partial charge is 0.466 e. The van der Waals surface area contributed by atoms with Gasteiger partial charge >= 0.3 is 5.97 Å². The third-order valence-electron chi connectivity index (χ3n) is 2.24. The van der Waals surface area contributed by atoms with Crippen LogP contribution in [0.2, 0.25) is 0 Å². The van der Waals surface area contributed by atoms with E-state index in [1.54, 1.807) is 0 Å². The van der Waals surface area contributed by atoms with E-state index in [2.05, 4.69) is 11.3 Å². The maximum Gasteiger partial charge on any atom is 0.307 e. The average molecular weight is 184 g/mol. The van der Waals surface area contributed by atoms with Gasteiger partial charge < -0.3 is 9.64 Å². The highest BCUT2D eigenvalue weighted by molar-refractivity contribution is 5.69. The standard InChI is InChI=1S/C10H18NO2/c1-2-13-10(12)6-9-11-7-4-3-5-8-11/h3H,2,4-9H2,1H3. The van der Waals surface area contributed by atoms with Crippen LogP contribution in [-0.4, -0.2) is 37.1 Å². The van der Waals surface area contributed by atoms with Crippen LogP contribution in [0.5, 0.6) is 0 Å². The van der Waals surface area contributed by atoms with Gasteiger partial charge in [0, 0.05) is 6.54 Å². The lowest BCUT2D eigenvalue weighted by atomic mass is 10.1. The number of likely N-dealkylation sites (tertiary alicyclic amines) is 1. The number of carbonyl (C=O) groups excluding carboxylic acids is 1. The lowest BCUT2D eigenvalue weighted by molar-refractivity contribution is -0.143. The van der Waals surface area contributed by atoms with Gasteiger partial charge in [-0.05, 0) is 39.3 Å². The Morgan fingerprint density at radius 3 is 2.77 bits per heavy atom. The molecular formula is C10H18NO2. The first-order valence-corrected chi connectivity index (χ1v) is 5.02. The van der Waals surface area contributed by atoms with E-state index in [4.69, 9.17) is 4.74 Å². The molecule has 0 amide bonds. The van der Waals surface area contributed by atoms with Crippen LogP contribution in [0.4, 0.5) is 0 Å². The molecule has 1 rings (SSSR count). The molecule has 0 spiro atoms. The van der Waals surface area contributed by atoms with Crippen LogP contribution in [0.3, 0.4) is 0 Å². The Hall–Kier alpha value is -0.570. The van der Waals surface area contributed by atoms with Crippen LogP contribution in [0.1, 0.15) is 26.2 Å². The van der Waals surface area contributed by atoms with Gasteiger partial charge in [0.2, 0.25) is 0 Å². The Morgan fingerprint density at radius 1 is 1.46 bits per heavy atom. The number of piperidine rings is 1. The minimum absolute atomic E-state index is 0.0722. The van der Waals surface area contributed by atoms with Crippen LogP contribution in [0, 0.1) is 6.42 Å². The Bertz CT molecular complexity index is 153. The number of ether oxygens (including phenoxy) is 1. The van der Waals surface area contributed by atoms with E-state index in [0.29, 0.717) is 13.0 Å². The molecule has 0 aromatic rings. The van der Waals surface area contributed by atoms with Crippen molar-refractivity contribution >= 4 is 5.97 Å². The highest BCUT2D eigenvalue weighted by Gasteiger charge is 2.11. The monoisotopic (exact) mass is 184 g/mol. The van der Waals surface area contributed by atoms with Gasteiger partial charge in [0.05, 0.1) is 13.0 Å². The predicted molar refractivity (Wildman–Crippen MR) is 51.2 cm³/mol. The number of esters is 1. The van der Waals surface area contributed by atoms with Crippen molar-refractivity contribution < 1.29 is 9.53 Å². The fraction of sp³-hybridized carbons (Fsp3) is 0.800. The molecule has 1 fully saturated rings. The Kier molecular flexibility index (Phi) is 4.83. The molecule has 1 heterocycles. The van der Waals surface area contributed by atoms with Gasteiger partial charge in [-0.25, -0.2) is 0 Å². The van der Waals surface area contributed by atoms with E-state index in [0.717, 1.165) is 32.5 Å². The van der Waals surface area contributed by atoms with Crippen LogP contribution in [-0.2, 0) is 9.53 Å². The normalized spacial score (nSPS) is 18.5. The minimum Gasteiger partial charge on any atom is -0.466 e. The second-order valence-corrected chi connectivity index (χ2v) is 3.26. The summed E-state index contributed by atoms with van der Waals surface area (Å²) < 4.78 is 4.86. The molecular weight excluding hydrogens is 166 g/mol. The van der Waals surface area contributed by atoms with Gasteiger partial charge in [0.1, 0.15) is 0 Å². The van der Waals surface area contributed by atoms with Crippen LogP contribution < -0.4 is 0 Å². The molecule has 3 nitrogen and oxygen atoms in total. The van der Waals surface area contributed by atoms with Gasteiger partial charge in [-0.2, -0.15) is 0 Å². The topological polar surface area (TPSA) is 29.5 Å². The highest BCUT2D eigenvalue weighted by Crippen LogP contribution is 2.07. The summed E-state index contributed by atoms with van der Waals surface area (Å²) in [5, 5.41) is 0. The van der Waals surface area contributed by atoms with Crippen molar-refractivity contribution in [2.24, 2.45) is 0 Å². The zero-order chi connectivity index (χ0) is 9.52. The van der Waals surface area contributed by atoms with Crippen LogP contribution >= 0.6 is 0 Å². The summed E-state index contributed by atoms with van der Waals surface area (Å²) in [4.78, 5) is 13.3. The molecule has 75 valence electrons. The molecule has 0 bridgehead atoms. The summed E-state index contributed by atoms with van der Waals surface area (Å²) in [6, 6.07) is 0. The molecule has 13 heavy (non-hydrogen) atoms. The number of hydrogen-bond acceptors (Lipinski definition) is 3. The summed E-state index contributed by atoms with van der Waals surface area (Å²) in [7, 11) is 0. The third-order valence-corrected chi connectivity index (χ3v) is 2.24. The molecule has 1 radical (unpaired) electrons. The molecule has 0 aromatic carbocycles. The van der Waals surface area contributed by atoms with Crippen molar-refractivity contribution in [3.63, 3.8) is 0 Å². The van der Waals surface area contributed by atoms with Gasteiger partial charge in [0.15, 0.2) is 0 Å². The van der Waals surface area contributed by atoms with E-state index in [-0.39, 0.29) is 5.97 Å². The van der Waals surface area contributed by atoms with Crippen LogP contribution in [0.15, 0.2) is 0 Å². The van der Waals surface area contributed by atoms with Crippen molar-refractivity contribution in [2.75, 3.05) is 26.2 Å². The van der Waals surface area contributed by atoms with Gasteiger partial charge in [0.25, 0.3) is 0 Å². The van der Waals surface area contributed by atoms with Crippen molar-refractivity contribution in [2.45, 2.75) is 26.2 Å². The van der Waals surface area contributed by atoms with E-state index in [9.17, 15) is 4.79 Å². The number of nitrogens with zero attached hydrogens (tertiary/aromatic N) is 1. The minimum atomic E-state index is -0.0722. The molecule has 1 aliphatic rings. The summed E-state index contributed by atoms with van der Waals surface area (Å²) >= 11 is 0. The predicted octanol–water partition coefficient (Wildman–Crippen LogP) is 1.24. The molecule has 0 aliphatic carbocycles. The summed E-state index contributed by atoms with van der Waals surface area (Å²) in [6.07, 6.45) is 5.15. The van der Waals surface area contributed by atoms with Gasteiger partial charge in [-0.15, -0.1) is 0 Å². The first-order valence-electron chi connectivity index (χ1n) is 5.02. The molecule has 0 atom stereocenters. The zero-order valence-corrected chi connectivity index (χ0v) is 8.29. The van der Waals surface area contributed by atoms with E-state index in [1.165, 1.54) is 0 Å². The molecule has 1 aliphatic heterocycles. The Labute approximate surface area is 80.1 Å². The molecule has 1 saturated heterocycles.